The second kappa shape index (κ2) is 15.5. The van der Waals surface area contributed by atoms with Crippen LogP contribution in [0.25, 0.3) is 0 Å². The summed E-state index contributed by atoms with van der Waals surface area (Å²) in [5.74, 6) is 0.360. The van der Waals surface area contributed by atoms with Crippen molar-refractivity contribution in [2.45, 2.75) is 64.5 Å². The molecule has 2 aliphatic rings. The van der Waals surface area contributed by atoms with Crippen LogP contribution in [0.3, 0.4) is 0 Å². The van der Waals surface area contributed by atoms with Gasteiger partial charge in [-0.05, 0) is 74.4 Å². The second-order valence-electron chi connectivity index (χ2n) is 13.6. The number of Topliss-reactive ketones (excluding diaryl/α,β-unsaturated/α-hetero) is 1. The molecule has 0 saturated carbocycles. The van der Waals surface area contributed by atoms with Crippen molar-refractivity contribution >= 4 is 47.3 Å². The molecule has 3 unspecified atom stereocenters. The van der Waals surface area contributed by atoms with Crippen LogP contribution in [0.15, 0.2) is 78.9 Å². The molecule has 0 aliphatic carbocycles. The van der Waals surface area contributed by atoms with Gasteiger partial charge in [-0.1, -0.05) is 111 Å². The average molecular weight is 671 g/mol. The molecule has 45 heavy (non-hydrogen) atoms. The summed E-state index contributed by atoms with van der Waals surface area (Å²) in [6, 6.07) is 25.9. The van der Waals surface area contributed by atoms with Gasteiger partial charge in [0.05, 0.1) is 15.6 Å². The third-order valence-electron chi connectivity index (χ3n) is 9.56. The molecule has 2 N–H and O–H groups in total. The fourth-order valence-corrected chi connectivity index (χ4v) is 7.18. The molecule has 2 aliphatic heterocycles. The van der Waals surface area contributed by atoms with Crippen LogP contribution in [0.5, 0.6) is 0 Å². The lowest BCUT2D eigenvalue weighted by Gasteiger charge is -2.47. The average Bonchev–Trinajstić information content (AvgIpc) is 3.04. The summed E-state index contributed by atoms with van der Waals surface area (Å²) in [5.41, 5.74) is 2.01. The van der Waals surface area contributed by atoms with Gasteiger partial charge in [-0.2, -0.15) is 0 Å². The number of carbonyl (C=O) groups excluding carboxylic acids is 2. The molecule has 2 saturated heterocycles. The molecule has 0 radical (unpaired) electrons. The van der Waals surface area contributed by atoms with Crippen molar-refractivity contribution in [2.24, 2.45) is 17.3 Å². The molecule has 0 aromatic heterocycles. The zero-order chi connectivity index (χ0) is 31.3. The van der Waals surface area contributed by atoms with Crippen LogP contribution in [-0.2, 0) is 10.3 Å². The quantitative estimate of drug-likeness (QED) is 0.224. The van der Waals surface area contributed by atoms with Gasteiger partial charge in [0.1, 0.15) is 0 Å². The minimum absolute atomic E-state index is 0. The molecule has 3 aromatic carbocycles. The Hall–Kier alpha value is -2.41. The van der Waals surface area contributed by atoms with Gasteiger partial charge in [0.2, 0.25) is 5.91 Å². The van der Waals surface area contributed by atoms with Crippen molar-refractivity contribution in [3.63, 3.8) is 0 Å². The van der Waals surface area contributed by atoms with Crippen molar-refractivity contribution in [1.82, 2.24) is 15.5 Å². The molecule has 0 spiro atoms. The number of rotatable bonds is 9. The summed E-state index contributed by atoms with van der Waals surface area (Å²) in [6.07, 6.45) is 4.31. The number of carbonyl (C=O) groups is 2. The maximum atomic E-state index is 14.2. The van der Waals surface area contributed by atoms with E-state index in [0.29, 0.717) is 16.5 Å². The summed E-state index contributed by atoms with van der Waals surface area (Å²) in [7, 11) is 0. The summed E-state index contributed by atoms with van der Waals surface area (Å²) in [6.45, 7) is 9.24. The lowest BCUT2D eigenvalue weighted by Crippen LogP contribution is -2.55. The van der Waals surface area contributed by atoms with Crippen molar-refractivity contribution in [2.75, 3.05) is 26.2 Å². The molecule has 242 valence electrons. The van der Waals surface area contributed by atoms with Crippen LogP contribution < -0.4 is 10.6 Å². The molecule has 0 bridgehead atoms. The van der Waals surface area contributed by atoms with Gasteiger partial charge in [0, 0.05) is 36.0 Å². The number of hydrogen-bond acceptors (Lipinski definition) is 4. The molecule has 3 atom stereocenters. The van der Waals surface area contributed by atoms with Crippen molar-refractivity contribution in [3.8, 4) is 0 Å². The highest BCUT2D eigenvalue weighted by Crippen LogP contribution is 2.42. The molecule has 8 heteroatoms. The largest absolute Gasteiger partial charge is 0.346 e. The summed E-state index contributed by atoms with van der Waals surface area (Å²) in [4.78, 5) is 30.0. The molecule has 5 nitrogen and oxygen atoms in total. The number of ketones is 1. The van der Waals surface area contributed by atoms with Crippen LogP contribution in [0.1, 0.15) is 80.4 Å². The Morgan fingerprint density at radius 1 is 0.956 bits per heavy atom. The van der Waals surface area contributed by atoms with Crippen LogP contribution in [0, 0.1) is 17.3 Å². The topological polar surface area (TPSA) is 61.4 Å². The first-order valence-electron chi connectivity index (χ1n) is 15.9. The molecule has 5 rings (SSSR count). The van der Waals surface area contributed by atoms with Crippen molar-refractivity contribution in [1.29, 1.82) is 0 Å². The van der Waals surface area contributed by atoms with E-state index >= 15 is 0 Å². The summed E-state index contributed by atoms with van der Waals surface area (Å²) in [5, 5.41) is 8.06. The highest BCUT2D eigenvalue weighted by Gasteiger charge is 2.42. The number of amides is 1. The number of piperidine rings is 2. The minimum Gasteiger partial charge on any atom is -0.346 e. The van der Waals surface area contributed by atoms with E-state index in [4.69, 9.17) is 23.2 Å². The van der Waals surface area contributed by atoms with Crippen molar-refractivity contribution < 1.29 is 9.59 Å². The van der Waals surface area contributed by atoms with E-state index in [-0.39, 0.29) is 42.0 Å². The van der Waals surface area contributed by atoms with Crippen molar-refractivity contribution in [3.05, 3.63) is 106 Å². The fourth-order valence-electron chi connectivity index (χ4n) is 6.87. The van der Waals surface area contributed by atoms with Crippen LogP contribution in [0.4, 0.5) is 0 Å². The Bertz CT molecular complexity index is 1410. The normalized spacial score (nSPS) is 20.0. The lowest BCUT2D eigenvalue weighted by atomic mass is 9.75. The van der Waals surface area contributed by atoms with Gasteiger partial charge >= 0.3 is 0 Å². The number of likely N-dealkylation sites (tertiary alicyclic amines) is 1. The molecule has 2 fully saturated rings. The second-order valence-corrected chi connectivity index (χ2v) is 14.4. The van der Waals surface area contributed by atoms with Gasteiger partial charge < -0.3 is 10.6 Å². The smallest absolute Gasteiger partial charge is 0.226 e. The summed E-state index contributed by atoms with van der Waals surface area (Å²) < 4.78 is 0. The van der Waals surface area contributed by atoms with E-state index in [2.05, 4.69) is 33.7 Å². The van der Waals surface area contributed by atoms with Crippen LogP contribution >= 0.6 is 35.6 Å². The third-order valence-corrected chi connectivity index (χ3v) is 10.3. The van der Waals surface area contributed by atoms with E-state index < -0.39 is 11.0 Å². The number of hydrogen-bond donors (Lipinski definition) is 2. The SMILES string of the molecule is CC(C)(C)C(=O)NC1(c2ccccc2)CCN(C(CC(C(=O)c2ccccc2)C2CCCNC2)c2ccc(Cl)c(Cl)c2)CC1.Cl. The minimum atomic E-state index is -0.499. The van der Waals surface area contributed by atoms with Crippen LogP contribution in [-0.4, -0.2) is 42.8 Å². The van der Waals surface area contributed by atoms with Gasteiger partial charge in [0.15, 0.2) is 5.78 Å². The van der Waals surface area contributed by atoms with Gasteiger partial charge in [-0.25, -0.2) is 0 Å². The Balaban J connectivity index is 0.00000461. The Morgan fingerprint density at radius 2 is 1.60 bits per heavy atom. The molecular formula is C37H46Cl3N3O2. The zero-order valence-corrected chi connectivity index (χ0v) is 28.9. The maximum Gasteiger partial charge on any atom is 0.226 e. The predicted molar refractivity (Wildman–Crippen MR) is 187 cm³/mol. The first-order chi connectivity index (χ1) is 21.1. The van der Waals surface area contributed by atoms with E-state index in [1.807, 2.05) is 81.4 Å². The molecule has 3 aromatic rings. The Kier molecular flexibility index (Phi) is 12.2. The lowest BCUT2D eigenvalue weighted by molar-refractivity contribution is -0.131. The predicted octanol–water partition coefficient (Wildman–Crippen LogP) is 8.50. The van der Waals surface area contributed by atoms with Gasteiger partial charge in [-0.3, -0.25) is 14.5 Å². The number of nitrogens with zero attached hydrogens (tertiary/aromatic N) is 1. The Morgan fingerprint density at radius 3 is 2.18 bits per heavy atom. The Labute approximate surface area is 284 Å². The van der Waals surface area contributed by atoms with Crippen LogP contribution in [0.2, 0.25) is 10.0 Å². The van der Waals surface area contributed by atoms with E-state index in [0.717, 1.165) is 68.6 Å². The fraction of sp³-hybridized carbons (Fsp3) is 0.459. The zero-order valence-electron chi connectivity index (χ0n) is 26.5. The highest BCUT2D eigenvalue weighted by molar-refractivity contribution is 6.42. The van der Waals surface area contributed by atoms with E-state index in [9.17, 15) is 9.59 Å². The third kappa shape index (κ3) is 8.50. The number of nitrogens with one attached hydrogen (secondary N) is 2. The monoisotopic (exact) mass is 669 g/mol. The maximum absolute atomic E-state index is 14.2. The summed E-state index contributed by atoms with van der Waals surface area (Å²) >= 11 is 13.0. The molecular weight excluding hydrogens is 625 g/mol. The van der Waals surface area contributed by atoms with Gasteiger partial charge in [0.25, 0.3) is 0 Å². The number of benzene rings is 3. The first kappa shape index (κ1) is 35.4. The standard InChI is InChI=1S/C37H45Cl2N3O2.ClH/c1-36(2,3)35(44)41-37(29-14-8-5-9-15-29)18-21-42(22-19-37)33(27-16-17-31(38)32(39)23-27)24-30(28-13-10-20-40-25-28)34(43)26-11-6-4-7-12-26;/h4-9,11-12,14-17,23,28,30,33,40H,10,13,18-22,24-25H2,1-3H3,(H,41,44);1H. The van der Waals surface area contributed by atoms with E-state index in [1.54, 1.807) is 0 Å². The molecule has 1 amide bonds. The van der Waals surface area contributed by atoms with E-state index in [1.165, 1.54) is 0 Å². The number of halogens is 3. The highest BCUT2D eigenvalue weighted by atomic mass is 35.5. The van der Waals surface area contributed by atoms with Gasteiger partial charge in [-0.15, -0.1) is 12.4 Å². The molecule has 2 heterocycles. The first-order valence-corrected chi connectivity index (χ1v) is 16.7.